The number of amides is 1. The number of aromatic hydroxyl groups is 1. The second-order valence-corrected chi connectivity index (χ2v) is 6.91. The lowest BCUT2D eigenvalue weighted by Gasteiger charge is -2.15. The molecular weight excluding hydrogens is 384 g/mol. The van der Waals surface area contributed by atoms with Gasteiger partial charge in [0.05, 0.1) is 18.7 Å². The highest BCUT2D eigenvalue weighted by molar-refractivity contribution is 8.00. The molecule has 0 spiro atoms. The van der Waals surface area contributed by atoms with Crippen LogP contribution in [0.4, 0.5) is 11.6 Å². The van der Waals surface area contributed by atoms with Crippen LogP contribution in [0.3, 0.4) is 0 Å². The van der Waals surface area contributed by atoms with Crippen LogP contribution in [0.25, 0.3) is 11.2 Å². The van der Waals surface area contributed by atoms with Crippen molar-refractivity contribution in [3.8, 4) is 5.75 Å². The lowest BCUT2D eigenvalue weighted by molar-refractivity contribution is -0.115. The molecule has 2 heterocycles. The van der Waals surface area contributed by atoms with E-state index in [1.54, 1.807) is 0 Å². The van der Waals surface area contributed by atoms with Crippen LogP contribution >= 0.6 is 11.8 Å². The standard InChI is InChI=1S/C17H18N6O4S/c1-3-11(28-15-12-13(20-7-19-12)22-17(18)23-15)14(25)21-8-4-5-10(24)9(6-8)16(26)27-2/h4-7,11,24H,3H2,1-2H3,(H,21,25)(H3,18,19,20,22,23)/t11-/m0/s1. The maximum Gasteiger partial charge on any atom is 0.341 e. The van der Waals surface area contributed by atoms with E-state index >= 15 is 0 Å². The number of ether oxygens (including phenoxy) is 1. The number of phenols is 1. The highest BCUT2D eigenvalue weighted by Gasteiger charge is 2.22. The average molecular weight is 402 g/mol. The summed E-state index contributed by atoms with van der Waals surface area (Å²) in [5.74, 6) is -1.16. The van der Waals surface area contributed by atoms with Crippen molar-refractivity contribution in [2.24, 2.45) is 0 Å². The van der Waals surface area contributed by atoms with Crippen molar-refractivity contribution in [3.63, 3.8) is 0 Å². The molecule has 3 rings (SSSR count). The molecule has 28 heavy (non-hydrogen) atoms. The van der Waals surface area contributed by atoms with E-state index in [-0.39, 0.29) is 23.2 Å². The molecule has 0 saturated heterocycles. The number of aromatic amines is 1. The Bertz CT molecular complexity index is 1040. The van der Waals surface area contributed by atoms with Crippen LogP contribution in [0.15, 0.2) is 29.6 Å². The molecular formula is C17H18N6O4S. The summed E-state index contributed by atoms with van der Waals surface area (Å²) in [6, 6.07) is 4.16. The number of phenolic OH excluding ortho intramolecular Hbond substituents is 1. The number of carbonyl (C=O) groups is 2. The molecule has 1 atom stereocenters. The van der Waals surface area contributed by atoms with E-state index in [0.717, 1.165) is 0 Å². The van der Waals surface area contributed by atoms with Gasteiger partial charge in [0.15, 0.2) is 5.65 Å². The number of nitrogen functional groups attached to an aromatic ring is 1. The number of nitrogens with two attached hydrogens (primary N) is 1. The topological polar surface area (TPSA) is 156 Å². The molecule has 3 aromatic rings. The molecule has 0 unspecified atom stereocenters. The largest absolute Gasteiger partial charge is 0.507 e. The van der Waals surface area contributed by atoms with Crippen molar-refractivity contribution in [1.29, 1.82) is 0 Å². The lowest BCUT2D eigenvalue weighted by Crippen LogP contribution is -2.25. The second kappa shape index (κ2) is 8.13. The number of hydrogen-bond donors (Lipinski definition) is 4. The fourth-order valence-corrected chi connectivity index (χ4v) is 3.49. The maximum absolute atomic E-state index is 12.7. The highest BCUT2D eigenvalue weighted by Crippen LogP contribution is 2.30. The number of thioether (sulfide) groups is 1. The highest BCUT2D eigenvalue weighted by atomic mass is 32.2. The quantitative estimate of drug-likeness (QED) is 0.209. The number of nitrogens with one attached hydrogen (secondary N) is 2. The molecule has 0 radical (unpaired) electrons. The molecule has 0 aliphatic carbocycles. The van der Waals surface area contributed by atoms with Gasteiger partial charge >= 0.3 is 5.97 Å². The van der Waals surface area contributed by atoms with Crippen LogP contribution in [-0.4, -0.2) is 49.3 Å². The monoisotopic (exact) mass is 402 g/mol. The van der Waals surface area contributed by atoms with E-state index in [4.69, 9.17) is 5.73 Å². The third-order valence-electron chi connectivity index (χ3n) is 3.86. The number of benzene rings is 1. The second-order valence-electron chi connectivity index (χ2n) is 5.72. The summed E-state index contributed by atoms with van der Waals surface area (Å²) < 4.78 is 4.62. The Hall–Kier alpha value is -3.34. The summed E-state index contributed by atoms with van der Waals surface area (Å²) in [6.45, 7) is 1.86. The fourth-order valence-electron chi connectivity index (χ4n) is 2.47. The first kappa shape index (κ1) is 19.4. The molecule has 2 aromatic heterocycles. The lowest BCUT2D eigenvalue weighted by atomic mass is 10.1. The predicted octanol–water partition coefficient (Wildman–Crippen LogP) is 1.94. The molecule has 5 N–H and O–H groups in total. The van der Waals surface area contributed by atoms with Crippen molar-refractivity contribution in [1.82, 2.24) is 19.9 Å². The minimum absolute atomic E-state index is 0.0382. The van der Waals surface area contributed by atoms with Gasteiger partial charge in [-0.3, -0.25) is 4.79 Å². The number of H-pyrrole nitrogens is 1. The van der Waals surface area contributed by atoms with Gasteiger partial charge in [0.2, 0.25) is 11.9 Å². The zero-order chi connectivity index (χ0) is 20.3. The number of nitrogens with zero attached hydrogens (tertiary/aromatic N) is 3. The van der Waals surface area contributed by atoms with Crippen molar-refractivity contribution in [3.05, 3.63) is 30.1 Å². The summed E-state index contributed by atoms with van der Waals surface area (Å²) in [5.41, 5.74) is 7.06. The number of hydrogen-bond acceptors (Lipinski definition) is 9. The summed E-state index contributed by atoms with van der Waals surface area (Å²) >= 11 is 1.23. The molecule has 0 saturated carbocycles. The first-order valence-electron chi connectivity index (χ1n) is 8.28. The molecule has 1 amide bonds. The van der Waals surface area contributed by atoms with Gasteiger partial charge in [-0.05, 0) is 24.6 Å². The van der Waals surface area contributed by atoms with Crippen LogP contribution in [0, 0.1) is 0 Å². The minimum atomic E-state index is -0.701. The Balaban J connectivity index is 1.80. The fraction of sp³-hybridized carbons (Fsp3) is 0.235. The number of fused-ring (bicyclic) bond motifs is 1. The normalized spacial score (nSPS) is 11.9. The number of aromatic nitrogens is 4. The SMILES string of the molecule is CC[C@H](Sc1nc(N)nc2nc[nH]c12)C(=O)Nc1ccc(O)c(C(=O)OC)c1. The van der Waals surface area contributed by atoms with E-state index in [1.807, 2.05) is 6.92 Å². The maximum atomic E-state index is 12.7. The molecule has 0 bridgehead atoms. The summed E-state index contributed by atoms with van der Waals surface area (Å²) in [5, 5.41) is 12.5. The van der Waals surface area contributed by atoms with E-state index in [9.17, 15) is 14.7 Å². The Labute approximate surface area is 163 Å². The van der Waals surface area contributed by atoms with Crippen LogP contribution in [0.1, 0.15) is 23.7 Å². The predicted molar refractivity (Wildman–Crippen MR) is 104 cm³/mol. The van der Waals surface area contributed by atoms with E-state index in [1.165, 1.54) is 43.4 Å². The third-order valence-corrected chi connectivity index (χ3v) is 5.21. The number of imidazole rings is 1. The van der Waals surface area contributed by atoms with Gasteiger partial charge in [0.1, 0.15) is 21.9 Å². The third kappa shape index (κ3) is 3.98. The van der Waals surface area contributed by atoms with E-state index in [0.29, 0.717) is 28.3 Å². The molecule has 11 heteroatoms. The summed E-state index contributed by atoms with van der Waals surface area (Å²) in [6.07, 6.45) is 1.99. The van der Waals surface area contributed by atoms with E-state index in [2.05, 4.69) is 30.0 Å². The zero-order valence-corrected chi connectivity index (χ0v) is 15.9. The van der Waals surface area contributed by atoms with Gasteiger partial charge in [-0.1, -0.05) is 18.7 Å². The Morgan fingerprint density at radius 2 is 2.18 bits per heavy atom. The smallest absolute Gasteiger partial charge is 0.341 e. The van der Waals surface area contributed by atoms with Crippen LogP contribution in [0.5, 0.6) is 5.75 Å². The molecule has 146 valence electrons. The first-order valence-corrected chi connectivity index (χ1v) is 9.16. The Morgan fingerprint density at radius 3 is 2.89 bits per heavy atom. The van der Waals surface area contributed by atoms with Crippen LogP contribution in [0.2, 0.25) is 0 Å². The zero-order valence-electron chi connectivity index (χ0n) is 15.1. The Kier molecular flexibility index (Phi) is 5.64. The van der Waals surface area contributed by atoms with Gasteiger partial charge in [-0.15, -0.1) is 0 Å². The summed E-state index contributed by atoms with van der Waals surface area (Å²) in [7, 11) is 1.21. The van der Waals surface area contributed by atoms with Crippen molar-refractivity contribution < 1.29 is 19.4 Å². The minimum Gasteiger partial charge on any atom is -0.507 e. The van der Waals surface area contributed by atoms with Gasteiger partial charge in [0, 0.05) is 5.69 Å². The molecule has 1 aromatic carbocycles. The number of methoxy groups -OCH3 is 1. The van der Waals surface area contributed by atoms with E-state index < -0.39 is 11.2 Å². The van der Waals surface area contributed by atoms with Gasteiger partial charge < -0.3 is 25.9 Å². The van der Waals surface area contributed by atoms with Crippen molar-refractivity contribution in [2.45, 2.75) is 23.6 Å². The molecule has 0 aliphatic heterocycles. The van der Waals surface area contributed by atoms with Crippen LogP contribution in [-0.2, 0) is 9.53 Å². The first-order chi connectivity index (χ1) is 13.4. The molecule has 0 fully saturated rings. The van der Waals surface area contributed by atoms with Crippen molar-refractivity contribution >= 4 is 46.4 Å². The van der Waals surface area contributed by atoms with Crippen LogP contribution < -0.4 is 11.1 Å². The Morgan fingerprint density at radius 1 is 1.39 bits per heavy atom. The average Bonchev–Trinajstić information content (AvgIpc) is 3.15. The molecule has 0 aliphatic rings. The number of anilines is 2. The van der Waals surface area contributed by atoms with Crippen molar-refractivity contribution in [2.75, 3.05) is 18.2 Å². The van der Waals surface area contributed by atoms with Gasteiger partial charge in [0.25, 0.3) is 0 Å². The molecule has 10 nitrogen and oxygen atoms in total. The van der Waals surface area contributed by atoms with Gasteiger partial charge in [-0.2, -0.15) is 4.98 Å². The summed E-state index contributed by atoms with van der Waals surface area (Å²) in [4.78, 5) is 39.7. The van der Waals surface area contributed by atoms with Gasteiger partial charge in [-0.25, -0.2) is 14.8 Å². The number of esters is 1. The number of carbonyl (C=O) groups excluding carboxylic acids is 2. The number of rotatable bonds is 6.